The van der Waals surface area contributed by atoms with Crippen molar-refractivity contribution in [3.63, 3.8) is 0 Å². The van der Waals surface area contributed by atoms with Crippen LogP contribution in [0.5, 0.6) is 0 Å². The normalized spacial score (nSPS) is 20.9. The predicted octanol–water partition coefficient (Wildman–Crippen LogP) is 2.64. The van der Waals surface area contributed by atoms with Gasteiger partial charge >= 0.3 is 0 Å². The molecule has 3 rings (SSSR count). The van der Waals surface area contributed by atoms with Crippen LogP contribution in [0.25, 0.3) is 5.52 Å². The summed E-state index contributed by atoms with van der Waals surface area (Å²) in [7, 11) is 0. The fourth-order valence-corrected chi connectivity index (χ4v) is 2.86. The highest BCUT2D eigenvalue weighted by molar-refractivity contribution is 9.10. The van der Waals surface area contributed by atoms with Crippen LogP contribution in [0.1, 0.15) is 18.7 Å². The first-order valence-corrected chi connectivity index (χ1v) is 6.94. The molecule has 1 N–H and O–H groups in total. The van der Waals surface area contributed by atoms with Gasteiger partial charge in [0.05, 0.1) is 11.7 Å². The minimum Gasteiger partial charge on any atom is -0.316 e. The monoisotopic (exact) mass is 293 g/mol. The molecule has 1 unspecified atom stereocenters. The van der Waals surface area contributed by atoms with Crippen LogP contribution >= 0.6 is 15.9 Å². The van der Waals surface area contributed by atoms with Crippen molar-refractivity contribution in [3.8, 4) is 0 Å². The van der Waals surface area contributed by atoms with Crippen molar-refractivity contribution in [1.29, 1.82) is 0 Å². The summed E-state index contributed by atoms with van der Waals surface area (Å²) in [5.41, 5.74) is 1.17. The number of imidazole rings is 1. The van der Waals surface area contributed by atoms with E-state index in [9.17, 15) is 0 Å². The first kappa shape index (κ1) is 11.2. The quantitative estimate of drug-likeness (QED) is 0.922. The molecule has 1 fully saturated rings. The minimum absolute atomic E-state index is 0.730. The number of pyridine rings is 1. The van der Waals surface area contributed by atoms with Gasteiger partial charge in [-0.3, -0.25) is 0 Å². The molecule has 3 nitrogen and oxygen atoms in total. The smallest absolute Gasteiger partial charge is 0.113 e. The highest BCUT2D eigenvalue weighted by Crippen LogP contribution is 2.19. The van der Waals surface area contributed by atoms with Crippen LogP contribution in [-0.4, -0.2) is 22.5 Å². The van der Waals surface area contributed by atoms with Gasteiger partial charge in [-0.05, 0) is 59.9 Å². The molecule has 17 heavy (non-hydrogen) atoms. The van der Waals surface area contributed by atoms with Crippen molar-refractivity contribution >= 4 is 21.4 Å². The molecule has 0 aromatic carbocycles. The van der Waals surface area contributed by atoms with Crippen LogP contribution < -0.4 is 5.32 Å². The first-order chi connectivity index (χ1) is 8.33. The summed E-state index contributed by atoms with van der Waals surface area (Å²) in [6, 6.07) is 4.16. The Hall–Kier alpha value is -0.870. The van der Waals surface area contributed by atoms with Crippen molar-refractivity contribution in [3.05, 3.63) is 34.8 Å². The van der Waals surface area contributed by atoms with Gasteiger partial charge in [-0.25, -0.2) is 4.98 Å². The summed E-state index contributed by atoms with van der Waals surface area (Å²) in [4.78, 5) is 4.54. The molecule has 0 bridgehead atoms. The van der Waals surface area contributed by atoms with Crippen LogP contribution in [0.4, 0.5) is 0 Å². The Kier molecular flexibility index (Phi) is 3.16. The summed E-state index contributed by atoms with van der Waals surface area (Å²) in [6.07, 6.45) is 7.73. The van der Waals surface area contributed by atoms with Gasteiger partial charge in [-0.15, -0.1) is 0 Å². The topological polar surface area (TPSA) is 29.3 Å². The molecular weight excluding hydrogens is 278 g/mol. The summed E-state index contributed by atoms with van der Waals surface area (Å²) >= 11 is 3.52. The Morgan fingerprint density at radius 2 is 2.41 bits per heavy atom. The zero-order valence-corrected chi connectivity index (χ0v) is 11.3. The van der Waals surface area contributed by atoms with E-state index in [-0.39, 0.29) is 0 Å². The largest absolute Gasteiger partial charge is 0.316 e. The van der Waals surface area contributed by atoms with Crippen molar-refractivity contribution in [1.82, 2.24) is 14.7 Å². The third-order valence-electron chi connectivity index (χ3n) is 3.44. The molecule has 4 heteroatoms. The van der Waals surface area contributed by atoms with Crippen LogP contribution in [0, 0.1) is 5.92 Å². The van der Waals surface area contributed by atoms with E-state index in [2.05, 4.69) is 49.0 Å². The number of halogens is 1. The van der Waals surface area contributed by atoms with Crippen molar-refractivity contribution < 1.29 is 0 Å². The molecule has 0 saturated carbocycles. The lowest BCUT2D eigenvalue weighted by molar-refractivity contribution is 0.370. The number of nitrogens with zero attached hydrogens (tertiary/aromatic N) is 2. The Labute approximate surface area is 109 Å². The van der Waals surface area contributed by atoms with Gasteiger partial charge < -0.3 is 9.72 Å². The molecule has 0 radical (unpaired) electrons. The maximum atomic E-state index is 4.54. The molecule has 1 aliphatic rings. The van der Waals surface area contributed by atoms with Crippen LogP contribution in [-0.2, 0) is 6.42 Å². The van der Waals surface area contributed by atoms with E-state index in [4.69, 9.17) is 0 Å². The molecule has 1 atom stereocenters. The SMILES string of the molecule is Brc1ccc2cnc(CC3CCCNC3)n2c1. The van der Waals surface area contributed by atoms with Crippen LogP contribution in [0.2, 0.25) is 0 Å². The van der Waals surface area contributed by atoms with E-state index < -0.39 is 0 Å². The van der Waals surface area contributed by atoms with E-state index in [1.54, 1.807) is 0 Å². The van der Waals surface area contributed by atoms with Gasteiger partial charge in [0.15, 0.2) is 0 Å². The number of hydrogen-bond donors (Lipinski definition) is 1. The Morgan fingerprint density at radius 1 is 1.47 bits per heavy atom. The molecule has 1 saturated heterocycles. The van der Waals surface area contributed by atoms with Gasteiger partial charge in [-0.2, -0.15) is 0 Å². The highest BCUT2D eigenvalue weighted by atomic mass is 79.9. The molecule has 90 valence electrons. The molecule has 2 aromatic rings. The second kappa shape index (κ2) is 4.78. The maximum Gasteiger partial charge on any atom is 0.113 e. The van der Waals surface area contributed by atoms with Gasteiger partial charge in [0.2, 0.25) is 0 Å². The number of aromatic nitrogens is 2. The molecule has 1 aliphatic heterocycles. The van der Waals surface area contributed by atoms with Crippen LogP contribution in [0.3, 0.4) is 0 Å². The van der Waals surface area contributed by atoms with Crippen molar-refractivity contribution in [2.75, 3.05) is 13.1 Å². The number of hydrogen-bond acceptors (Lipinski definition) is 2. The third kappa shape index (κ3) is 2.38. The number of piperidine rings is 1. The first-order valence-electron chi connectivity index (χ1n) is 6.15. The van der Waals surface area contributed by atoms with E-state index in [0.29, 0.717) is 0 Å². The molecule has 3 heterocycles. The minimum atomic E-state index is 0.730. The van der Waals surface area contributed by atoms with Gasteiger partial charge in [0.25, 0.3) is 0 Å². The van der Waals surface area contributed by atoms with Crippen molar-refractivity contribution in [2.24, 2.45) is 5.92 Å². The fraction of sp³-hybridized carbons (Fsp3) is 0.462. The van der Waals surface area contributed by atoms with Gasteiger partial charge in [0.1, 0.15) is 5.82 Å². The standard InChI is InChI=1S/C13H16BrN3/c14-11-3-4-12-8-16-13(17(12)9-11)6-10-2-1-5-15-7-10/h3-4,8-10,15H,1-2,5-7H2. The number of fused-ring (bicyclic) bond motifs is 1. The summed E-state index contributed by atoms with van der Waals surface area (Å²) in [5, 5.41) is 3.46. The second-order valence-corrected chi connectivity index (χ2v) is 5.65. The van der Waals surface area contributed by atoms with Gasteiger partial charge in [0, 0.05) is 17.1 Å². The Balaban J connectivity index is 1.86. The molecule has 0 aliphatic carbocycles. The van der Waals surface area contributed by atoms with E-state index in [1.807, 2.05) is 6.20 Å². The number of nitrogens with one attached hydrogen (secondary N) is 1. The van der Waals surface area contributed by atoms with E-state index >= 15 is 0 Å². The summed E-state index contributed by atoms with van der Waals surface area (Å²) < 4.78 is 3.30. The van der Waals surface area contributed by atoms with Crippen LogP contribution in [0.15, 0.2) is 29.0 Å². The molecule has 0 amide bonds. The molecule has 2 aromatic heterocycles. The predicted molar refractivity (Wildman–Crippen MR) is 72.2 cm³/mol. The maximum absolute atomic E-state index is 4.54. The Bertz CT molecular complexity index is 514. The zero-order chi connectivity index (χ0) is 11.7. The third-order valence-corrected chi connectivity index (χ3v) is 3.91. The highest BCUT2D eigenvalue weighted by Gasteiger charge is 2.16. The average molecular weight is 294 g/mol. The summed E-state index contributed by atoms with van der Waals surface area (Å²) in [6.45, 7) is 2.30. The molecule has 0 spiro atoms. The van der Waals surface area contributed by atoms with E-state index in [0.717, 1.165) is 23.4 Å². The number of rotatable bonds is 2. The average Bonchev–Trinajstić information content (AvgIpc) is 2.73. The van der Waals surface area contributed by atoms with E-state index in [1.165, 1.54) is 30.7 Å². The molecular formula is C13H16BrN3. The van der Waals surface area contributed by atoms with Crippen molar-refractivity contribution in [2.45, 2.75) is 19.3 Å². The summed E-state index contributed by atoms with van der Waals surface area (Å²) in [5.74, 6) is 1.91. The lowest BCUT2D eigenvalue weighted by atomic mass is 9.96. The lowest BCUT2D eigenvalue weighted by Crippen LogP contribution is -2.31. The van der Waals surface area contributed by atoms with Gasteiger partial charge in [-0.1, -0.05) is 0 Å². The fourth-order valence-electron chi connectivity index (χ4n) is 2.53. The zero-order valence-electron chi connectivity index (χ0n) is 9.69. The Morgan fingerprint density at radius 3 is 3.24 bits per heavy atom. The lowest BCUT2D eigenvalue weighted by Gasteiger charge is -2.22. The second-order valence-electron chi connectivity index (χ2n) is 4.73.